The summed E-state index contributed by atoms with van der Waals surface area (Å²) in [5, 5.41) is 3.24. The topological polar surface area (TPSA) is 47.3 Å². The molecule has 3 rings (SSSR count). The summed E-state index contributed by atoms with van der Waals surface area (Å²) in [6, 6.07) is 10.9. The first-order valence-electron chi connectivity index (χ1n) is 5.88. The Morgan fingerprint density at radius 1 is 1.32 bits per heavy atom. The van der Waals surface area contributed by atoms with Crippen LogP contribution >= 0.6 is 22.6 Å². The molecule has 3 N–H and O–H groups in total. The summed E-state index contributed by atoms with van der Waals surface area (Å²) >= 11 is 1.92. The van der Waals surface area contributed by atoms with Gasteiger partial charge < -0.3 is 15.8 Å². The molecule has 0 fully saturated rings. The van der Waals surface area contributed by atoms with Gasteiger partial charge in [0.05, 0.1) is 21.0 Å². The van der Waals surface area contributed by atoms with Crippen molar-refractivity contribution in [2.45, 2.75) is 6.04 Å². The Hall–Kier alpha value is -1.50. The van der Waals surface area contributed by atoms with Gasteiger partial charge in [-0.25, -0.2) is 4.39 Å². The van der Waals surface area contributed by atoms with E-state index in [0.717, 1.165) is 11.3 Å². The standard InChI is InChI=1S/C14H12FIN2O/c15-9-5-12(11(17)6-10(9)16)18-13-7-19-14-4-2-1-3-8(13)14/h1-6,13,18H,7,17H2. The van der Waals surface area contributed by atoms with Crippen LogP contribution in [0, 0.1) is 9.39 Å². The molecule has 2 aromatic carbocycles. The van der Waals surface area contributed by atoms with Crippen LogP contribution < -0.4 is 15.8 Å². The molecule has 2 aromatic rings. The maximum Gasteiger partial charge on any atom is 0.138 e. The van der Waals surface area contributed by atoms with E-state index in [-0.39, 0.29) is 11.9 Å². The number of nitrogen functional groups attached to an aromatic ring is 1. The number of nitrogens with two attached hydrogens (primary N) is 1. The summed E-state index contributed by atoms with van der Waals surface area (Å²) in [6.45, 7) is 0.520. The molecule has 0 bridgehead atoms. The third-order valence-corrected chi connectivity index (χ3v) is 3.95. The van der Waals surface area contributed by atoms with Crippen LogP contribution in [0.4, 0.5) is 15.8 Å². The van der Waals surface area contributed by atoms with Gasteiger partial charge in [0.15, 0.2) is 0 Å². The molecule has 0 aromatic heterocycles. The maximum atomic E-state index is 13.6. The minimum atomic E-state index is -0.274. The van der Waals surface area contributed by atoms with Crippen molar-refractivity contribution in [2.24, 2.45) is 0 Å². The largest absolute Gasteiger partial charge is 0.491 e. The first-order chi connectivity index (χ1) is 9.15. The highest BCUT2D eigenvalue weighted by molar-refractivity contribution is 14.1. The Morgan fingerprint density at radius 2 is 2.11 bits per heavy atom. The summed E-state index contributed by atoms with van der Waals surface area (Å²) in [6.07, 6.45) is 0. The van der Waals surface area contributed by atoms with Crippen molar-refractivity contribution in [2.75, 3.05) is 17.7 Å². The Morgan fingerprint density at radius 3 is 2.95 bits per heavy atom. The number of rotatable bonds is 2. The highest BCUT2D eigenvalue weighted by atomic mass is 127. The average molecular weight is 370 g/mol. The van der Waals surface area contributed by atoms with E-state index >= 15 is 0 Å². The fraction of sp³-hybridized carbons (Fsp3) is 0.143. The number of anilines is 2. The van der Waals surface area contributed by atoms with Gasteiger partial charge in [0.2, 0.25) is 0 Å². The Labute approximate surface area is 124 Å². The molecule has 1 aliphatic heterocycles. The summed E-state index contributed by atoms with van der Waals surface area (Å²) < 4.78 is 19.7. The van der Waals surface area contributed by atoms with Crippen LogP contribution in [0.1, 0.15) is 11.6 Å². The predicted octanol–water partition coefficient (Wildman–Crippen LogP) is 3.56. The van der Waals surface area contributed by atoms with Crippen LogP contribution in [0.2, 0.25) is 0 Å². The highest BCUT2D eigenvalue weighted by Crippen LogP contribution is 2.35. The van der Waals surface area contributed by atoms with Crippen LogP contribution in [0.25, 0.3) is 0 Å². The van der Waals surface area contributed by atoms with E-state index in [4.69, 9.17) is 10.5 Å². The van der Waals surface area contributed by atoms with Crippen LogP contribution in [-0.2, 0) is 0 Å². The van der Waals surface area contributed by atoms with E-state index in [1.807, 2.05) is 46.9 Å². The zero-order valence-corrected chi connectivity index (χ0v) is 12.1. The lowest BCUT2D eigenvalue weighted by atomic mass is 10.1. The Kier molecular flexibility index (Phi) is 3.22. The lowest BCUT2D eigenvalue weighted by Crippen LogP contribution is -2.13. The molecular weight excluding hydrogens is 358 g/mol. The van der Waals surface area contributed by atoms with Crippen molar-refractivity contribution in [1.82, 2.24) is 0 Å². The number of benzene rings is 2. The second-order valence-electron chi connectivity index (χ2n) is 4.40. The molecule has 98 valence electrons. The van der Waals surface area contributed by atoms with Gasteiger partial charge in [0.25, 0.3) is 0 Å². The number of ether oxygens (including phenoxy) is 1. The van der Waals surface area contributed by atoms with Gasteiger partial charge in [0.1, 0.15) is 18.2 Å². The third-order valence-electron chi connectivity index (χ3n) is 3.12. The molecule has 1 atom stereocenters. The lowest BCUT2D eigenvalue weighted by molar-refractivity contribution is 0.340. The lowest BCUT2D eigenvalue weighted by Gasteiger charge is -2.15. The number of hydrogen-bond donors (Lipinski definition) is 2. The predicted molar refractivity (Wildman–Crippen MR) is 81.8 cm³/mol. The monoisotopic (exact) mass is 370 g/mol. The minimum absolute atomic E-state index is 0.00189. The molecule has 5 heteroatoms. The second-order valence-corrected chi connectivity index (χ2v) is 5.56. The zero-order valence-electron chi connectivity index (χ0n) is 9.99. The van der Waals surface area contributed by atoms with Gasteiger partial charge in [-0.1, -0.05) is 18.2 Å². The van der Waals surface area contributed by atoms with Gasteiger partial charge in [-0.3, -0.25) is 0 Å². The van der Waals surface area contributed by atoms with E-state index in [1.165, 1.54) is 6.07 Å². The van der Waals surface area contributed by atoms with Crippen LogP contribution in [0.5, 0.6) is 5.75 Å². The van der Waals surface area contributed by atoms with Crippen molar-refractivity contribution in [3.8, 4) is 5.75 Å². The number of fused-ring (bicyclic) bond motifs is 1. The smallest absolute Gasteiger partial charge is 0.138 e. The van der Waals surface area contributed by atoms with Crippen LogP contribution in [0.3, 0.4) is 0 Å². The Bertz CT molecular complexity index is 633. The SMILES string of the molecule is Nc1cc(I)c(F)cc1NC1COc2ccccc21. The molecule has 3 nitrogen and oxygen atoms in total. The summed E-state index contributed by atoms with van der Waals surface area (Å²) in [5.74, 6) is 0.592. The van der Waals surface area contributed by atoms with E-state index in [1.54, 1.807) is 6.07 Å². The number of hydrogen-bond acceptors (Lipinski definition) is 3. The molecule has 0 saturated carbocycles. The summed E-state index contributed by atoms with van der Waals surface area (Å²) in [4.78, 5) is 0. The molecule has 0 amide bonds. The Balaban J connectivity index is 1.89. The van der Waals surface area contributed by atoms with Gasteiger partial charge >= 0.3 is 0 Å². The minimum Gasteiger partial charge on any atom is -0.491 e. The molecule has 1 heterocycles. The molecule has 0 spiro atoms. The normalized spacial score (nSPS) is 16.8. The van der Waals surface area contributed by atoms with Crippen molar-refractivity contribution >= 4 is 34.0 Å². The van der Waals surface area contributed by atoms with Crippen LogP contribution in [-0.4, -0.2) is 6.61 Å². The number of halogens is 2. The molecule has 1 unspecified atom stereocenters. The molecular formula is C14H12FIN2O. The fourth-order valence-electron chi connectivity index (χ4n) is 2.16. The van der Waals surface area contributed by atoms with Crippen molar-refractivity contribution in [1.29, 1.82) is 0 Å². The zero-order chi connectivity index (χ0) is 13.4. The molecule has 1 aliphatic rings. The molecule has 0 saturated heterocycles. The van der Waals surface area contributed by atoms with Gasteiger partial charge in [0, 0.05) is 11.6 Å². The summed E-state index contributed by atoms with van der Waals surface area (Å²) in [5.41, 5.74) is 8.12. The van der Waals surface area contributed by atoms with Gasteiger partial charge in [-0.2, -0.15) is 0 Å². The second kappa shape index (κ2) is 4.88. The van der Waals surface area contributed by atoms with E-state index in [0.29, 0.717) is 21.6 Å². The molecule has 0 aliphatic carbocycles. The van der Waals surface area contributed by atoms with E-state index in [9.17, 15) is 4.39 Å². The molecule has 0 radical (unpaired) electrons. The average Bonchev–Trinajstić information content (AvgIpc) is 2.80. The van der Waals surface area contributed by atoms with E-state index in [2.05, 4.69) is 5.32 Å². The maximum absolute atomic E-state index is 13.6. The highest BCUT2D eigenvalue weighted by Gasteiger charge is 2.24. The van der Waals surface area contributed by atoms with Crippen molar-refractivity contribution in [3.63, 3.8) is 0 Å². The summed E-state index contributed by atoms with van der Waals surface area (Å²) in [7, 11) is 0. The first-order valence-corrected chi connectivity index (χ1v) is 6.96. The van der Waals surface area contributed by atoms with E-state index < -0.39 is 0 Å². The van der Waals surface area contributed by atoms with Gasteiger partial charge in [-0.05, 0) is 34.7 Å². The molecule has 19 heavy (non-hydrogen) atoms. The van der Waals surface area contributed by atoms with Crippen LogP contribution in [0.15, 0.2) is 36.4 Å². The third kappa shape index (κ3) is 2.34. The fourth-order valence-corrected chi connectivity index (χ4v) is 2.65. The van der Waals surface area contributed by atoms with Crippen molar-refractivity contribution < 1.29 is 9.13 Å². The quantitative estimate of drug-likeness (QED) is 0.628. The number of para-hydroxylation sites is 1. The van der Waals surface area contributed by atoms with Gasteiger partial charge in [-0.15, -0.1) is 0 Å². The number of nitrogens with one attached hydrogen (secondary N) is 1. The first kappa shape index (κ1) is 12.5. The van der Waals surface area contributed by atoms with Crippen molar-refractivity contribution in [3.05, 3.63) is 51.3 Å².